The van der Waals surface area contributed by atoms with Gasteiger partial charge in [-0.3, -0.25) is 0 Å². The molecule has 0 spiro atoms. The Labute approximate surface area is 438 Å². The Morgan fingerprint density at radius 3 is 0.974 bits per heavy atom. The average Bonchev–Trinajstić information content (AvgIpc) is 3.59. The van der Waals surface area contributed by atoms with E-state index in [-0.39, 0.29) is 0 Å². The Morgan fingerprint density at radius 2 is 0.592 bits per heavy atom. The second-order valence-electron chi connectivity index (χ2n) is 18.2. The number of para-hydroxylation sites is 8. The summed E-state index contributed by atoms with van der Waals surface area (Å²) in [6.07, 6.45) is 0. The second-order valence-corrected chi connectivity index (χ2v) is 18.2. The zero-order valence-corrected chi connectivity index (χ0v) is 40.3. The molecule has 0 fully saturated rings. The number of nitriles is 3. The van der Waals surface area contributed by atoms with Crippen LogP contribution in [0.4, 0.5) is 34.1 Å². The molecule has 2 aliphatic rings. The van der Waals surface area contributed by atoms with E-state index >= 15 is 0 Å². The highest BCUT2D eigenvalue weighted by Gasteiger charge is 2.31. The van der Waals surface area contributed by atoms with Crippen molar-refractivity contribution in [1.82, 2.24) is 15.0 Å². The van der Waals surface area contributed by atoms with Crippen molar-refractivity contribution in [1.29, 1.82) is 15.8 Å². The molecular weight excluding hydrogens is 937 g/mol. The third-order valence-corrected chi connectivity index (χ3v) is 13.6. The molecule has 0 aliphatic carbocycles. The van der Waals surface area contributed by atoms with Gasteiger partial charge in [-0.2, -0.15) is 15.8 Å². The van der Waals surface area contributed by atoms with Gasteiger partial charge in [0.15, 0.2) is 40.5 Å². The molecule has 0 atom stereocenters. The Kier molecular flexibility index (Phi) is 11.1. The highest BCUT2D eigenvalue weighted by atomic mass is 16.5. The van der Waals surface area contributed by atoms with Crippen molar-refractivity contribution in [2.75, 3.05) is 9.80 Å². The summed E-state index contributed by atoms with van der Waals surface area (Å²) in [5.74, 6) is 3.90. The van der Waals surface area contributed by atoms with Crippen LogP contribution in [0.25, 0.3) is 67.5 Å². The van der Waals surface area contributed by atoms with Crippen LogP contribution in [0.1, 0.15) is 16.7 Å². The molecule has 11 aromatic rings. The van der Waals surface area contributed by atoms with Gasteiger partial charge < -0.3 is 19.3 Å². The van der Waals surface area contributed by atoms with Gasteiger partial charge in [0.05, 0.1) is 69.0 Å². The van der Waals surface area contributed by atoms with E-state index < -0.39 is 0 Å². The molecule has 0 bridgehead atoms. The van der Waals surface area contributed by atoms with Gasteiger partial charge in [0.1, 0.15) is 0 Å². The maximum atomic E-state index is 9.99. The molecule has 10 heteroatoms. The summed E-state index contributed by atoms with van der Waals surface area (Å²) in [5.41, 5.74) is 13.8. The standard InChI is InChI=1S/C66H38N8O2/c67-39-42-13-9-16-45(33-42)48-19-12-20-51(36-48)64-70-65(52-31-29-49(46-17-10-14-43(34-46)40-68)37-58(52)73-54-21-1-5-25-60(54)75-61-26-6-2-22-55(61)73)72-66(71-64)53-32-30-50(47-18-11-15-44(35-47)41-69)38-59(53)74-56-23-3-7-27-62(56)76-63-28-8-4-24-57(63)74/h1-38H. The maximum absolute atomic E-state index is 9.99. The van der Waals surface area contributed by atoms with Crippen LogP contribution in [0.3, 0.4) is 0 Å². The van der Waals surface area contributed by atoms with E-state index in [4.69, 9.17) is 24.4 Å². The van der Waals surface area contributed by atoms with Crippen molar-refractivity contribution in [3.8, 4) is 109 Å². The van der Waals surface area contributed by atoms with Crippen molar-refractivity contribution in [2.24, 2.45) is 0 Å². The molecule has 0 radical (unpaired) electrons. The summed E-state index contributed by atoms with van der Waals surface area (Å²) in [4.78, 5) is 20.8. The normalized spacial score (nSPS) is 11.8. The SMILES string of the molecule is N#Cc1cccc(-c2cccc(-c3nc(-c4ccc(-c5cccc(C#N)c5)cc4N4c5ccccc5Oc5ccccc54)nc(-c4ccc(-c5cccc(C#N)c5)cc4N4c5ccccc5Oc5ccccc54)n3)c2)c1. The van der Waals surface area contributed by atoms with Crippen LogP contribution in [-0.2, 0) is 0 Å². The van der Waals surface area contributed by atoms with E-state index in [1.165, 1.54) is 0 Å². The highest BCUT2D eigenvalue weighted by molar-refractivity contribution is 5.96. The van der Waals surface area contributed by atoms with Crippen LogP contribution in [0.5, 0.6) is 23.0 Å². The predicted molar refractivity (Wildman–Crippen MR) is 296 cm³/mol. The highest BCUT2D eigenvalue weighted by Crippen LogP contribution is 2.55. The smallest absolute Gasteiger partial charge is 0.166 e. The molecule has 0 saturated carbocycles. The van der Waals surface area contributed by atoms with Crippen LogP contribution in [0, 0.1) is 34.0 Å². The van der Waals surface area contributed by atoms with Crippen LogP contribution < -0.4 is 19.3 Å². The third-order valence-electron chi connectivity index (χ3n) is 13.6. The summed E-state index contributed by atoms with van der Waals surface area (Å²) in [6, 6.07) is 81.8. The molecule has 3 heterocycles. The van der Waals surface area contributed by atoms with E-state index in [0.29, 0.717) is 68.3 Å². The average molecular weight is 975 g/mol. The molecule has 10 nitrogen and oxygen atoms in total. The van der Waals surface area contributed by atoms with E-state index in [1.54, 1.807) is 18.2 Å². The van der Waals surface area contributed by atoms with Crippen molar-refractivity contribution in [3.63, 3.8) is 0 Å². The van der Waals surface area contributed by atoms with Crippen molar-refractivity contribution >= 4 is 34.1 Å². The number of fused-ring (bicyclic) bond motifs is 4. The molecule has 354 valence electrons. The Hall–Kier alpha value is -11.1. The molecule has 76 heavy (non-hydrogen) atoms. The van der Waals surface area contributed by atoms with Gasteiger partial charge in [0, 0.05) is 16.7 Å². The lowest BCUT2D eigenvalue weighted by Crippen LogP contribution is -2.17. The largest absolute Gasteiger partial charge is 0.453 e. The Bertz CT molecular complexity index is 3970. The van der Waals surface area contributed by atoms with E-state index in [2.05, 4.69) is 40.1 Å². The first kappa shape index (κ1) is 44.8. The van der Waals surface area contributed by atoms with E-state index in [0.717, 1.165) is 73.1 Å². The summed E-state index contributed by atoms with van der Waals surface area (Å²) in [5, 5.41) is 29.8. The summed E-state index contributed by atoms with van der Waals surface area (Å²) >= 11 is 0. The Morgan fingerprint density at radius 1 is 0.276 bits per heavy atom. The lowest BCUT2D eigenvalue weighted by molar-refractivity contribution is 0.477. The molecule has 0 saturated heterocycles. The van der Waals surface area contributed by atoms with Gasteiger partial charge in [-0.25, -0.2) is 15.0 Å². The first-order chi connectivity index (χ1) is 37.5. The molecule has 1 aromatic heterocycles. The van der Waals surface area contributed by atoms with Gasteiger partial charge in [-0.05, 0) is 149 Å². The van der Waals surface area contributed by atoms with Crippen molar-refractivity contribution < 1.29 is 9.47 Å². The molecule has 13 rings (SSSR count). The molecular formula is C66H38N8O2. The number of hydrogen-bond donors (Lipinski definition) is 0. The number of nitrogens with zero attached hydrogens (tertiary/aromatic N) is 8. The molecule has 0 unspecified atom stereocenters. The lowest BCUT2D eigenvalue weighted by atomic mass is 9.97. The molecule has 0 amide bonds. The fourth-order valence-electron chi connectivity index (χ4n) is 9.99. The summed E-state index contributed by atoms with van der Waals surface area (Å²) in [7, 11) is 0. The van der Waals surface area contributed by atoms with Crippen molar-refractivity contribution in [3.05, 3.63) is 247 Å². The van der Waals surface area contributed by atoms with Crippen LogP contribution in [0.15, 0.2) is 231 Å². The van der Waals surface area contributed by atoms with Gasteiger partial charge in [-0.1, -0.05) is 115 Å². The Balaban J connectivity index is 1.10. The fraction of sp³-hybridized carbons (Fsp3) is 0. The lowest BCUT2D eigenvalue weighted by Gasteiger charge is -2.34. The predicted octanol–water partition coefficient (Wildman–Crippen LogP) is 16.6. The zero-order valence-electron chi connectivity index (χ0n) is 40.3. The van der Waals surface area contributed by atoms with Gasteiger partial charge in [-0.15, -0.1) is 0 Å². The number of aromatic nitrogens is 3. The van der Waals surface area contributed by atoms with Gasteiger partial charge >= 0.3 is 0 Å². The minimum atomic E-state index is 0.394. The minimum absolute atomic E-state index is 0.394. The minimum Gasteiger partial charge on any atom is -0.453 e. The number of rotatable bonds is 8. The zero-order chi connectivity index (χ0) is 51.1. The van der Waals surface area contributed by atoms with Gasteiger partial charge in [0.2, 0.25) is 0 Å². The summed E-state index contributed by atoms with van der Waals surface area (Å²) in [6.45, 7) is 0. The number of ether oxygens (including phenoxy) is 2. The third kappa shape index (κ3) is 8.06. The number of benzene rings is 10. The second kappa shape index (κ2) is 18.8. The van der Waals surface area contributed by atoms with Crippen molar-refractivity contribution in [2.45, 2.75) is 0 Å². The van der Waals surface area contributed by atoms with Crippen LogP contribution in [0.2, 0.25) is 0 Å². The summed E-state index contributed by atoms with van der Waals surface area (Å²) < 4.78 is 13.1. The van der Waals surface area contributed by atoms with Gasteiger partial charge in [0.25, 0.3) is 0 Å². The maximum Gasteiger partial charge on any atom is 0.166 e. The molecule has 10 aromatic carbocycles. The first-order valence-electron chi connectivity index (χ1n) is 24.5. The van der Waals surface area contributed by atoms with E-state index in [1.807, 2.05) is 200 Å². The topological polar surface area (TPSA) is 135 Å². The monoisotopic (exact) mass is 974 g/mol. The van der Waals surface area contributed by atoms with E-state index in [9.17, 15) is 15.8 Å². The van der Waals surface area contributed by atoms with Crippen LogP contribution >= 0.6 is 0 Å². The molecule has 2 aliphatic heterocycles. The molecule has 0 N–H and O–H groups in total. The number of hydrogen-bond acceptors (Lipinski definition) is 10. The quantitative estimate of drug-likeness (QED) is 0.145. The van der Waals surface area contributed by atoms with Crippen LogP contribution in [-0.4, -0.2) is 15.0 Å². The fourth-order valence-corrected chi connectivity index (χ4v) is 9.99. The number of anilines is 6. The first-order valence-corrected chi connectivity index (χ1v) is 24.5.